The van der Waals surface area contributed by atoms with E-state index in [-0.39, 0.29) is 37.1 Å². The molecule has 18 N–H and O–H groups in total. The number of ether oxygens (including phenoxy) is 9. The van der Waals surface area contributed by atoms with E-state index in [9.17, 15) is 75.7 Å². The maximum absolute atomic E-state index is 13.4. The summed E-state index contributed by atoms with van der Waals surface area (Å²) in [5.74, 6) is 1.90. The lowest BCUT2D eigenvalue weighted by Crippen LogP contribution is -2.60. The van der Waals surface area contributed by atoms with Crippen LogP contribution in [-0.2, 0) is 53.3 Å². The molecule has 30 heteroatoms. The summed E-state index contributed by atoms with van der Waals surface area (Å²) in [6, 6.07) is 37.0. The Balaban J connectivity index is 0.829. The molecular formula is C72H84N6O24. The Hall–Kier alpha value is -9.45. The summed E-state index contributed by atoms with van der Waals surface area (Å²) in [7, 11) is 0. The third-order valence-electron chi connectivity index (χ3n) is 17.3. The van der Waals surface area contributed by atoms with Crippen molar-refractivity contribution in [2.24, 2.45) is 0 Å². The summed E-state index contributed by atoms with van der Waals surface area (Å²) in [5.41, 5.74) is 7.88. The van der Waals surface area contributed by atoms with Crippen LogP contribution in [0.3, 0.4) is 0 Å². The number of aliphatic hydroxyl groups excluding tert-OH is 12. The van der Waals surface area contributed by atoms with Gasteiger partial charge in [-0.25, -0.2) is 14.4 Å². The molecule has 15 atom stereocenters. The Kier molecular flexibility index (Phi) is 25.8. The monoisotopic (exact) mass is 1420 g/mol. The third kappa shape index (κ3) is 18.6. The van der Waals surface area contributed by atoms with E-state index in [1.165, 1.54) is 72.8 Å². The second-order valence-electron chi connectivity index (χ2n) is 24.1. The van der Waals surface area contributed by atoms with Crippen LogP contribution in [0.2, 0.25) is 0 Å². The summed E-state index contributed by atoms with van der Waals surface area (Å²) < 4.78 is 53.2. The Morgan fingerprint density at radius 1 is 0.314 bits per heavy atom. The minimum Gasteiger partial charge on any atom is -0.489 e. The first-order chi connectivity index (χ1) is 49.2. The van der Waals surface area contributed by atoms with E-state index < -0.39 is 130 Å². The van der Waals surface area contributed by atoms with Crippen molar-refractivity contribution in [3.8, 4) is 34.5 Å². The first-order valence-corrected chi connectivity index (χ1v) is 33.0. The fourth-order valence-electron chi connectivity index (χ4n) is 12.0. The number of rotatable bonds is 27. The molecular weight excluding hydrogens is 1330 g/mol. The quantitative estimate of drug-likeness (QED) is 0.0335. The van der Waals surface area contributed by atoms with Gasteiger partial charge in [0.15, 0.2) is 0 Å². The van der Waals surface area contributed by atoms with Crippen LogP contribution < -0.4 is 60.3 Å². The Morgan fingerprint density at radius 3 is 0.794 bits per heavy atom. The van der Waals surface area contributed by atoms with Gasteiger partial charge in [-0.2, -0.15) is 0 Å². The van der Waals surface area contributed by atoms with Crippen LogP contribution in [0, 0.1) is 0 Å². The topological polar surface area (TPSA) is 449 Å². The minimum atomic E-state index is -1.63. The second kappa shape index (κ2) is 35.0. The van der Waals surface area contributed by atoms with E-state index in [1.54, 1.807) is 72.8 Å². The molecule has 0 aliphatic carbocycles. The van der Waals surface area contributed by atoms with Gasteiger partial charge >= 0.3 is 18.1 Å². The van der Waals surface area contributed by atoms with Crippen LogP contribution in [-0.4, -0.2) is 191 Å². The standard InChI is InChI=1S/C72H84N6O24/c1-4-49-52(34-94-46-13-7-10-40(28-46)76-70(91)73-37-16-22-43(23-17-37)97-67-64(88)61(85)58(82)55(31-79)100-67)50(5-2)54(36-96-48-15-9-12-42(30-48)78-72(93)75-39-20-26-45(27-21-39)99-69-66(90)63(87)60(84)57(33-81)102-69)51(6-3)53(49)35-95-47-14-8-11-41(29-47)77-71(92)74-38-18-24-44(25-19-38)98-68-65(89)62(86)59(83)56(32-80)101-68/h7-30,55-69,79-90H,4-6,31-36H2,1-3H3,(H2,73,76,91)(H2,74,77,92)(H2,75,78,93)/t55-,56-,57-,58-,59-,60-,61+,62+,63+,64-,65-,66-,67+,68+,69+/m1/s1. The molecule has 0 saturated carbocycles. The van der Waals surface area contributed by atoms with Gasteiger partial charge in [0.25, 0.3) is 0 Å². The number of amides is 6. The van der Waals surface area contributed by atoms with Crippen LogP contribution in [0.25, 0.3) is 0 Å². The van der Waals surface area contributed by atoms with E-state index in [1.807, 2.05) is 20.8 Å². The molecule has 102 heavy (non-hydrogen) atoms. The summed E-state index contributed by atoms with van der Waals surface area (Å²) in [5, 5.41) is 138. The average Bonchev–Trinajstić information content (AvgIpc) is 0.770. The Bertz CT molecular complexity index is 3510. The molecule has 0 unspecified atom stereocenters. The van der Waals surface area contributed by atoms with Crippen molar-refractivity contribution >= 4 is 52.2 Å². The van der Waals surface area contributed by atoms with Crippen LogP contribution >= 0.6 is 0 Å². The van der Waals surface area contributed by atoms with E-state index >= 15 is 0 Å². The molecule has 6 amide bonds. The summed E-state index contributed by atoms with van der Waals surface area (Å²) in [6.07, 6.45) is -20.4. The largest absolute Gasteiger partial charge is 0.489 e. The van der Waals surface area contributed by atoms with Gasteiger partial charge in [0.2, 0.25) is 18.9 Å². The number of carbonyl (C=O) groups excluding carboxylic acids is 3. The fourth-order valence-corrected chi connectivity index (χ4v) is 12.0. The fraction of sp³-hybridized carbons (Fsp3) is 0.375. The van der Waals surface area contributed by atoms with Gasteiger partial charge in [0.1, 0.15) is 128 Å². The number of carbonyl (C=O) groups is 3. The highest BCUT2D eigenvalue weighted by molar-refractivity contribution is 6.01. The molecule has 3 heterocycles. The van der Waals surface area contributed by atoms with E-state index in [0.29, 0.717) is 70.6 Å². The number of urea groups is 3. The van der Waals surface area contributed by atoms with Gasteiger partial charge in [-0.1, -0.05) is 39.0 Å². The highest BCUT2D eigenvalue weighted by Gasteiger charge is 2.47. The zero-order valence-corrected chi connectivity index (χ0v) is 55.6. The molecule has 10 rings (SSSR count). The molecule has 0 spiro atoms. The Morgan fingerprint density at radius 2 is 0.559 bits per heavy atom. The molecule has 3 saturated heterocycles. The first kappa shape index (κ1) is 75.2. The summed E-state index contributed by atoms with van der Waals surface area (Å²) in [6.45, 7) is 4.48. The van der Waals surface area contributed by atoms with Crippen molar-refractivity contribution < 1.29 is 118 Å². The second-order valence-corrected chi connectivity index (χ2v) is 24.1. The van der Waals surface area contributed by atoms with Gasteiger partial charge < -0.3 is 136 Å². The third-order valence-corrected chi connectivity index (χ3v) is 17.3. The molecule has 3 aliphatic rings. The summed E-state index contributed by atoms with van der Waals surface area (Å²) in [4.78, 5) is 40.2. The molecule has 546 valence electrons. The van der Waals surface area contributed by atoms with Gasteiger partial charge in [0.05, 0.1) is 19.8 Å². The molecule has 7 aromatic carbocycles. The SMILES string of the molecule is CCc1c(COc2cccc(NC(=O)Nc3ccc(O[C@H]4O[C@H](CO)[C@@H](O)[C@H](O)[C@H]4O)cc3)c2)c(CC)c(COc2cccc(NC(=O)Nc3ccc(O[C@H]4O[C@H](CO)[C@@H](O)[C@H](O)[C@H]4O)cc3)c2)c(CC)c1COc1cccc(NC(=O)Nc2ccc(O[C@H]3O[C@H](CO)[C@@H](O)[C@H](O)[C@H]3O)cc2)c1. The zero-order valence-electron chi connectivity index (χ0n) is 55.6. The van der Waals surface area contributed by atoms with Gasteiger partial charge in [0, 0.05) is 52.3 Å². The van der Waals surface area contributed by atoms with Gasteiger partial charge in [-0.3, -0.25) is 0 Å². The van der Waals surface area contributed by atoms with Crippen LogP contribution in [0.15, 0.2) is 146 Å². The van der Waals surface area contributed by atoms with Crippen LogP contribution in [0.5, 0.6) is 34.5 Å². The maximum Gasteiger partial charge on any atom is 0.323 e. The number of hydrogen-bond donors (Lipinski definition) is 18. The first-order valence-electron chi connectivity index (χ1n) is 33.0. The predicted molar refractivity (Wildman–Crippen MR) is 367 cm³/mol. The highest BCUT2D eigenvalue weighted by Crippen LogP contribution is 2.36. The molecule has 30 nitrogen and oxygen atoms in total. The molecule has 0 radical (unpaired) electrons. The van der Waals surface area contributed by atoms with Crippen molar-refractivity contribution in [2.45, 2.75) is 152 Å². The molecule has 0 bridgehead atoms. The van der Waals surface area contributed by atoms with E-state index in [2.05, 4.69) is 31.9 Å². The van der Waals surface area contributed by atoms with Crippen molar-refractivity contribution in [1.29, 1.82) is 0 Å². The van der Waals surface area contributed by atoms with Crippen LogP contribution in [0.4, 0.5) is 48.5 Å². The normalized spacial score (nSPS) is 24.7. The molecule has 3 fully saturated rings. The van der Waals surface area contributed by atoms with E-state index in [0.717, 1.165) is 33.4 Å². The van der Waals surface area contributed by atoms with Gasteiger partial charge in [-0.15, -0.1) is 0 Å². The molecule has 3 aliphatic heterocycles. The number of anilines is 6. The minimum absolute atomic E-state index is 0.0779. The zero-order chi connectivity index (χ0) is 72.7. The number of aliphatic hydroxyl groups is 12. The van der Waals surface area contributed by atoms with Crippen molar-refractivity contribution in [3.05, 3.63) is 179 Å². The molecule has 0 aromatic heterocycles. The predicted octanol–water partition coefficient (Wildman–Crippen LogP) is 4.58. The number of hydrogen-bond acceptors (Lipinski definition) is 24. The highest BCUT2D eigenvalue weighted by atomic mass is 16.7. The number of benzene rings is 7. The smallest absolute Gasteiger partial charge is 0.323 e. The lowest BCUT2D eigenvalue weighted by atomic mass is 9.84. The van der Waals surface area contributed by atoms with Crippen molar-refractivity contribution in [2.75, 3.05) is 51.7 Å². The van der Waals surface area contributed by atoms with Gasteiger partial charge in [-0.05, 0) is 162 Å². The van der Waals surface area contributed by atoms with Crippen LogP contribution in [0.1, 0.15) is 54.2 Å². The van der Waals surface area contributed by atoms with Crippen molar-refractivity contribution in [1.82, 2.24) is 0 Å². The Labute approximate surface area is 585 Å². The lowest BCUT2D eigenvalue weighted by Gasteiger charge is -2.39. The maximum atomic E-state index is 13.4. The number of nitrogens with one attached hydrogen (secondary N) is 6. The average molecular weight is 1420 g/mol. The summed E-state index contributed by atoms with van der Waals surface area (Å²) >= 11 is 0. The molecule has 7 aromatic rings. The van der Waals surface area contributed by atoms with E-state index in [4.69, 9.17) is 42.6 Å². The lowest BCUT2D eigenvalue weighted by molar-refractivity contribution is -0.277. The van der Waals surface area contributed by atoms with Crippen molar-refractivity contribution in [3.63, 3.8) is 0 Å².